The van der Waals surface area contributed by atoms with Gasteiger partial charge in [-0.15, -0.1) is 0 Å². The number of nitrogen functional groups attached to an aromatic ring is 1. The number of nitrogens with one attached hydrogen (secondary N) is 1. The predicted octanol–water partition coefficient (Wildman–Crippen LogP) is 0.584. The minimum atomic E-state index is -3.45. The number of anilines is 1. The molecule has 0 bridgehead atoms. The molecule has 16 heavy (non-hydrogen) atoms. The number of benzene rings is 1. The van der Waals surface area contributed by atoms with Crippen LogP contribution in [0.2, 0.25) is 0 Å². The third kappa shape index (κ3) is 3.80. The number of nitrogens with two attached hydrogens (primary N) is 1. The van der Waals surface area contributed by atoms with Crippen molar-refractivity contribution in [3.05, 3.63) is 24.3 Å². The van der Waals surface area contributed by atoms with Crippen LogP contribution in [-0.2, 0) is 14.8 Å². The monoisotopic (exact) mass is 244 g/mol. The fourth-order valence-electron chi connectivity index (χ4n) is 1.19. The van der Waals surface area contributed by atoms with Crippen LogP contribution < -0.4 is 10.5 Å². The second-order valence-corrected chi connectivity index (χ2v) is 5.08. The van der Waals surface area contributed by atoms with Crippen LogP contribution in [0, 0.1) is 0 Å². The molecule has 0 aromatic heterocycles. The topological polar surface area (TPSA) is 81.4 Å². The first-order valence-electron chi connectivity index (χ1n) is 4.90. The Bertz CT molecular complexity index is 431. The molecule has 0 unspecified atom stereocenters. The van der Waals surface area contributed by atoms with Gasteiger partial charge in [0.05, 0.1) is 4.90 Å². The van der Waals surface area contributed by atoms with Gasteiger partial charge in [0.25, 0.3) is 0 Å². The van der Waals surface area contributed by atoms with Gasteiger partial charge in [0.1, 0.15) is 0 Å². The number of hydrogen-bond donors (Lipinski definition) is 2. The lowest BCUT2D eigenvalue weighted by atomic mass is 10.3. The minimum absolute atomic E-state index is 0.185. The van der Waals surface area contributed by atoms with Crippen LogP contribution in [0.3, 0.4) is 0 Å². The van der Waals surface area contributed by atoms with Crippen molar-refractivity contribution in [3.8, 4) is 0 Å². The summed E-state index contributed by atoms with van der Waals surface area (Å²) in [7, 11) is -1.87. The highest BCUT2D eigenvalue weighted by Crippen LogP contribution is 2.12. The zero-order chi connectivity index (χ0) is 12.0. The molecule has 0 aliphatic heterocycles. The van der Waals surface area contributed by atoms with E-state index < -0.39 is 10.0 Å². The molecular formula is C10H16N2O3S. The highest BCUT2D eigenvalue weighted by Gasteiger charge is 2.12. The van der Waals surface area contributed by atoms with Gasteiger partial charge in [-0.25, -0.2) is 13.1 Å². The standard InChI is InChI=1S/C10H16N2O3S/c1-15-7-3-6-12-16(13,14)10-5-2-4-9(11)8-10/h2,4-5,8,12H,3,6-7,11H2,1H3. The van der Waals surface area contributed by atoms with Crippen molar-refractivity contribution >= 4 is 15.7 Å². The molecule has 0 spiro atoms. The van der Waals surface area contributed by atoms with E-state index in [-0.39, 0.29) is 4.90 Å². The minimum Gasteiger partial charge on any atom is -0.399 e. The fraction of sp³-hybridized carbons (Fsp3) is 0.400. The van der Waals surface area contributed by atoms with Crippen molar-refractivity contribution in [1.29, 1.82) is 0 Å². The summed E-state index contributed by atoms with van der Waals surface area (Å²) in [5.74, 6) is 0. The number of sulfonamides is 1. The van der Waals surface area contributed by atoms with Crippen molar-refractivity contribution in [1.82, 2.24) is 4.72 Å². The van der Waals surface area contributed by atoms with E-state index in [0.717, 1.165) is 0 Å². The summed E-state index contributed by atoms with van der Waals surface area (Å²) in [4.78, 5) is 0.185. The number of methoxy groups -OCH3 is 1. The Labute approximate surface area is 95.7 Å². The zero-order valence-corrected chi connectivity index (χ0v) is 9.96. The maximum Gasteiger partial charge on any atom is 0.240 e. The van der Waals surface area contributed by atoms with Crippen LogP contribution in [0.25, 0.3) is 0 Å². The zero-order valence-electron chi connectivity index (χ0n) is 9.14. The third-order valence-electron chi connectivity index (χ3n) is 1.99. The molecule has 0 aliphatic carbocycles. The Balaban J connectivity index is 2.64. The molecule has 1 aromatic rings. The molecule has 0 heterocycles. The highest BCUT2D eigenvalue weighted by molar-refractivity contribution is 7.89. The molecule has 5 nitrogen and oxygen atoms in total. The SMILES string of the molecule is COCCCNS(=O)(=O)c1cccc(N)c1. The smallest absolute Gasteiger partial charge is 0.240 e. The molecule has 0 aliphatic rings. The molecule has 0 fully saturated rings. The molecule has 0 radical (unpaired) electrons. The molecule has 0 saturated carbocycles. The molecule has 1 rings (SSSR count). The van der Waals surface area contributed by atoms with Gasteiger partial charge < -0.3 is 10.5 Å². The van der Waals surface area contributed by atoms with Crippen LogP contribution in [0.5, 0.6) is 0 Å². The first-order valence-corrected chi connectivity index (χ1v) is 6.39. The number of hydrogen-bond acceptors (Lipinski definition) is 4. The van der Waals surface area contributed by atoms with Gasteiger partial charge in [-0.05, 0) is 24.6 Å². The molecule has 90 valence electrons. The van der Waals surface area contributed by atoms with Gasteiger partial charge in [0, 0.05) is 25.9 Å². The fourth-order valence-corrected chi connectivity index (χ4v) is 2.32. The largest absolute Gasteiger partial charge is 0.399 e. The summed E-state index contributed by atoms with van der Waals surface area (Å²) < 4.78 is 30.8. The average Bonchev–Trinajstić information content (AvgIpc) is 2.24. The van der Waals surface area contributed by atoms with Crippen molar-refractivity contribution < 1.29 is 13.2 Å². The van der Waals surface area contributed by atoms with Gasteiger partial charge in [-0.1, -0.05) is 6.07 Å². The molecule has 0 amide bonds. The maximum atomic E-state index is 11.7. The lowest BCUT2D eigenvalue weighted by Crippen LogP contribution is -2.25. The van der Waals surface area contributed by atoms with Gasteiger partial charge in [-0.3, -0.25) is 0 Å². The molecular weight excluding hydrogens is 228 g/mol. The molecule has 0 atom stereocenters. The van der Waals surface area contributed by atoms with Crippen molar-refractivity contribution in [2.45, 2.75) is 11.3 Å². The predicted molar refractivity (Wildman–Crippen MR) is 62.5 cm³/mol. The van der Waals surface area contributed by atoms with E-state index in [9.17, 15) is 8.42 Å². The average molecular weight is 244 g/mol. The summed E-state index contributed by atoms with van der Waals surface area (Å²) >= 11 is 0. The van der Waals surface area contributed by atoms with Crippen molar-refractivity contribution in [3.63, 3.8) is 0 Å². The Morgan fingerprint density at radius 3 is 2.81 bits per heavy atom. The lowest BCUT2D eigenvalue weighted by Gasteiger charge is -2.06. The van der Waals surface area contributed by atoms with Gasteiger partial charge in [0.15, 0.2) is 0 Å². The third-order valence-corrected chi connectivity index (χ3v) is 3.44. The Kier molecular flexibility index (Phi) is 4.72. The molecule has 0 saturated heterocycles. The summed E-state index contributed by atoms with van der Waals surface area (Å²) in [6.45, 7) is 0.879. The lowest BCUT2D eigenvalue weighted by molar-refractivity contribution is 0.196. The Hall–Kier alpha value is -1.11. The Morgan fingerprint density at radius 2 is 2.19 bits per heavy atom. The summed E-state index contributed by atoms with van der Waals surface area (Å²) in [6.07, 6.45) is 0.637. The highest BCUT2D eigenvalue weighted by atomic mass is 32.2. The van der Waals surface area contributed by atoms with E-state index in [1.54, 1.807) is 19.2 Å². The van der Waals surface area contributed by atoms with E-state index >= 15 is 0 Å². The maximum absolute atomic E-state index is 11.7. The van der Waals surface area contributed by atoms with Gasteiger partial charge in [0.2, 0.25) is 10.0 Å². The van der Waals surface area contributed by atoms with E-state index in [1.807, 2.05) is 0 Å². The number of ether oxygens (including phenoxy) is 1. The Morgan fingerprint density at radius 1 is 1.44 bits per heavy atom. The first kappa shape index (κ1) is 13.0. The first-order chi connectivity index (χ1) is 7.56. The van der Waals surface area contributed by atoms with Crippen LogP contribution in [0.1, 0.15) is 6.42 Å². The second kappa shape index (κ2) is 5.83. The van der Waals surface area contributed by atoms with Gasteiger partial charge in [-0.2, -0.15) is 0 Å². The van der Waals surface area contributed by atoms with Crippen molar-refractivity contribution in [2.75, 3.05) is 26.0 Å². The van der Waals surface area contributed by atoms with Crippen LogP contribution in [-0.4, -0.2) is 28.7 Å². The normalized spacial score (nSPS) is 11.6. The molecule has 3 N–H and O–H groups in total. The van der Waals surface area contributed by atoms with Crippen molar-refractivity contribution in [2.24, 2.45) is 0 Å². The van der Waals surface area contributed by atoms with E-state index in [0.29, 0.717) is 25.3 Å². The summed E-state index contributed by atoms with van der Waals surface area (Å²) in [5, 5.41) is 0. The molecule has 6 heteroatoms. The molecule has 1 aromatic carbocycles. The van der Waals surface area contributed by atoms with Crippen LogP contribution in [0.4, 0.5) is 5.69 Å². The van der Waals surface area contributed by atoms with E-state index in [1.165, 1.54) is 12.1 Å². The number of rotatable bonds is 6. The summed E-state index contributed by atoms with van der Waals surface area (Å²) in [6, 6.07) is 6.19. The van der Waals surface area contributed by atoms with Crippen LogP contribution >= 0.6 is 0 Å². The summed E-state index contributed by atoms with van der Waals surface area (Å²) in [5.41, 5.74) is 5.95. The second-order valence-electron chi connectivity index (χ2n) is 3.32. The quantitative estimate of drug-likeness (QED) is 0.566. The van der Waals surface area contributed by atoms with E-state index in [2.05, 4.69) is 4.72 Å². The van der Waals surface area contributed by atoms with Crippen LogP contribution in [0.15, 0.2) is 29.2 Å². The van der Waals surface area contributed by atoms with Gasteiger partial charge >= 0.3 is 0 Å². The van der Waals surface area contributed by atoms with E-state index in [4.69, 9.17) is 10.5 Å².